The first-order chi connectivity index (χ1) is 7.76. The van der Waals surface area contributed by atoms with Gasteiger partial charge in [-0.1, -0.05) is 0 Å². The van der Waals surface area contributed by atoms with Gasteiger partial charge in [0.1, 0.15) is 12.2 Å². The predicted octanol–water partition coefficient (Wildman–Crippen LogP) is 0.480. The normalized spacial score (nSPS) is 18.4. The van der Waals surface area contributed by atoms with Gasteiger partial charge in [0.2, 0.25) is 0 Å². The standard InChI is InChI=1S/C8H15F2NO5P/c1-2-16-17(15)8(9,10)3-5(12)7(14)6(13)4-11/h4-7,11-14H,2-3H2,1H3/q+1. The summed E-state index contributed by atoms with van der Waals surface area (Å²) in [6, 6.07) is 0. The van der Waals surface area contributed by atoms with Crippen molar-refractivity contribution in [1.82, 2.24) is 0 Å². The summed E-state index contributed by atoms with van der Waals surface area (Å²) >= 11 is 0. The van der Waals surface area contributed by atoms with Gasteiger partial charge in [0.25, 0.3) is 0 Å². The van der Waals surface area contributed by atoms with Crippen molar-refractivity contribution in [3.05, 3.63) is 0 Å². The average molecular weight is 274 g/mol. The minimum absolute atomic E-state index is 0.174. The molecule has 0 bridgehead atoms. The fourth-order valence-corrected chi connectivity index (χ4v) is 1.74. The van der Waals surface area contributed by atoms with Crippen molar-refractivity contribution in [1.29, 1.82) is 5.41 Å². The summed E-state index contributed by atoms with van der Waals surface area (Å²) in [5.41, 5.74) is -3.81. The molecule has 0 rings (SSSR count). The Morgan fingerprint density at radius 1 is 1.47 bits per heavy atom. The van der Waals surface area contributed by atoms with Crippen LogP contribution in [0.4, 0.5) is 8.78 Å². The van der Waals surface area contributed by atoms with E-state index in [1.807, 2.05) is 0 Å². The van der Waals surface area contributed by atoms with Crippen LogP contribution in [0.2, 0.25) is 0 Å². The van der Waals surface area contributed by atoms with E-state index in [-0.39, 0.29) is 6.61 Å². The maximum Gasteiger partial charge on any atom is 0.586 e. The minimum Gasteiger partial charge on any atom is -0.390 e. The molecule has 0 heterocycles. The van der Waals surface area contributed by atoms with Crippen molar-refractivity contribution in [3.8, 4) is 0 Å². The number of alkyl halides is 2. The Bertz CT molecular complexity index is 279. The van der Waals surface area contributed by atoms with Gasteiger partial charge >= 0.3 is 13.7 Å². The Hall–Kier alpha value is -0.530. The maximum atomic E-state index is 13.2. The van der Waals surface area contributed by atoms with Crippen LogP contribution in [0.5, 0.6) is 0 Å². The van der Waals surface area contributed by atoms with Gasteiger partial charge in [0, 0.05) is 6.21 Å². The molecule has 4 atom stereocenters. The molecular weight excluding hydrogens is 259 g/mol. The molecule has 0 amide bonds. The summed E-state index contributed by atoms with van der Waals surface area (Å²) in [6.07, 6.45) is -6.64. The number of hydrogen-bond acceptors (Lipinski definition) is 6. The summed E-state index contributed by atoms with van der Waals surface area (Å²) in [7, 11) is -3.30. The highest BCUT2D eigenvalue weighted by molar-refractivity contribution is 7.40. The Labute approximate surface area is 97.6 Å². The zero-order valence-corrected chi connectivity index (χ0v) is 9.98. The van der Waals surface area contributed by atoms with Crippen molar-refractivity contribution in [2.24, 2.45) is 0 Å². The van der Waals surface area contributed by atoms with Gasteiger partial charge < -0.3 is 20.7 Å². The van der Waals surface area contributed by atoms with E-state index < -0.39 is 38.4 Å². The molecule has 100 valence electrons. The van der Waals surface area contributed by atoms with E-state index in [0.29, 0.717) is 6.21 Å². The Balaban J connectivity index is 4.49. The molecule has 0 fully saturated rings. The van der Waals surface area contributed by atoms with Crippen LogP contribution >= 0.6 is 8.03 Å². The number of aliphatic hydroxyl groups is 3. The lowest BCUT2D eigenvalue weighted by molar-refractivity contribution is -0.0685. The summed E-state index contributed by atoms with van der Waals surface area (Å²) in [5.74, 6) is 0. The third kappa shape index (κ3) is 5.10. The SMILES string of the molecule is CCO[P+](=O)C(F)(F)CC(O)C(O)C(O)C=N. The Morgan fingerprint density at radius 3 is 2.41 bits per heavy atom. The fraction of sp³-hybridized carbons (Fsp3) is 0.875. The quantitative estimate of drug-likeness (QED) is 0.380. The van der Waals surface area contributed by atoms with Crippen LogP contribution in [0.15, 0.2) is 0 Å². The molecule has 17 heavy (non-hydrogen) atoms. The second-order valence-corrected chi connectivity index (χ2v) is 4.69. The highest BCUT2D eigenvalue weighted by Crippen LogP contribution is 2.46. The number of nitrogens with one attached hydrogen (secondary N) is 1. The van der Waals surface area contributed by atoms with Crippen LogP contribution in [0.25, 0.3) is 0 Å². The number of halogens is 2. The van der Waals surface area contributed by atoms with Gasteiger partial charge in [0.15, 0.2) is 0 Å². The van der Waals surface area contributed by atoms with Crippen LogP contribution in [-0.4, -0.2) is 52.1 Å². The van der Waals surface area contributed by atoms with E-state index in [2.05, 4.69) is 4.52 Å². The predicted molar refractivity (Wildman–Crippen MR) is 55.6 cm³/mol. The Morgan fingerprint density at radius 2 is 2.00 bits per heavy atom. The molecule has 0 saturated heterocycles. The third-order valence-corrected chi connectivity index (χ3v) is 3.09. The lowest BCUT2D eigenvalue weighted by Gasteiger charge is -2.20. The van der Waals surface area contributed by atoms with E-state index in [4.69, 9.17) is 15.6 Å². The van der Waals surface area contributed by atoms with Gasteiger partial charge in [-0.25, -0.2) is 0 Å². The van der Waals surface area contributed by atoms with Gasteiger partial charge in [-0.2, -0.15) is 8.78 Å². The van der Waals surface area contributed by atoms with Gasteiger partial charge in [-0.05, 0) is 11.5 Å². The third-order valence-electron chi connectivity index (χ3n) is 1.88. The summed E-state index contributed by atoms with van der Waals surface area (Å²) in [4.78, 5) is 0. The molecule has 0 spiro atoms. The van der Waals surface area contributed by atoms with Crippen LogP contribution in [0.1, 0.15) is 13.3 Å². The summed E-state index contributed by atoms with van der Waals surface area (Å²) < 4.78 is 41.5. The van der Waals surface area contributed by atoms with E-state index in [0.717, 1.165) is 0 Å². The molecule has 0 aromatic heterocycles. The van der Waals surface area contributed by atoms with Crippen LogP contribution in [0, 0.1) is 5.41 Å². The van der Waals surface area contributed by atoms with Crippen LogP contribution < -0.4 is 0 Å². The molecular formula is C8H15F2NO5P+. The smallest absolute Gasteiger partial charge is 0.390 e. The fourth-order valence-electron chi connectivity index (χ4n) is 0.985. The summed E-state index contributed by atoms with van der Waals surface area (Å²) in [5, 5.41) is 33.9. The van der Waals surface area contributed by atoms with E-state index in [1.165, 1.54) is 6.92 Å². The zero-order chi connectivity index (χ0) is 13.6. The molecule has 0 aromatic carbocycles. The molecule has 0 aliphatic carbocycles. The lowest BCUT2D eigenvalue weighted by atomic mass is 10.1. The molecule has 0 aromatic rings. The van der Waals surface area contributed by atoms with E-state index >= 15 is 0 Å². The second-order valence-electron chi connectivity index (χ2n) is 3.26. The lowest BCUT2D eigenvalue weighted by Crippen LogP contribution is -2.40. The topological polar surface area (TPSA) is 111 Å². The second kappa shape index (κ2) is 7.03. The van der Waals surface area contributed by atoms with Crippen LogP contribution in [0.3, 0.4) is 0 Å². The monoisotopic (exact) mass is 274 g/mol. The number of hydrogen-bond donors (Lipinski definition) is 4. The van der Waals surface area contributed by atoms with E-state index in [9.17, 15) is 18.5 Å². The first-order valence-electron chi connectivity index (χ1n) is 4.79. The van der Waals surface area contributed by atoms with E-state index in [1.54, 1.807) is 0 Å². The molecule has 0 radical (unpaired) electrons. The van der Waals surface area contributed by atoms with Crippen molar-refractivity contribution in [2.45, 2.75) is 37.3 Å². The number of aliphatic hydroxyl groups excluding tert-OH is 3. The zero-order valence-electron chi connectivity index (χ0n) is 9.08. The molecule has 0 saturated carbocycles. The van der Waals surface area contributed by atoms with Gasteiger partial charge in [-0.15, -0.1) is 4.52 Å². The highest BCUT2D eigenvalue weighted by Gasteiger charge is 2.55. The largest absolute Gasteiger partial charge is 0.586 e. The maximum absolute atomic E-state index is 13.2. The van der Waals surface area contributed by atoms with Crippen molar-refractivity contribution in [2.75, 3.05) is 6.61 Å². The molecule has 4 unspecified atom stereocenters. The van der Waals surface area contributed by atoms with Crippen LogP contribution in [-0.2, 0) is 9.09 Å². The average Bonchev–Trinajstić information content (AvgIpc) is 2.26. The minimum atomic E-state index is -3.81. The van der Waals surface area contributed by atoms with Gasteiger partial charge in [-0.3, -0.25) is 0 Å². The number of rotatable bonds is 8. The van der Waals surface area contributed by atoms with Crippen molar-refractivity contribution in [3.63, 3.8) is 0 Å². The van der Waals surface area contributed by atoms with Crippen molar-refractivity contribution < 1.29 is 33.2 Å². The highest BCUT2D eigenvalue weighted by atomic mass is 31.1. The molecule has 9 heteroatoms. The molecule has 6 nitrogen and oxygen atoms in total. The Kier molecular flexibility index (Phi) is 6.81. The molecule has 4 N–H and O–H groups in total. The first-order valence-corrected chi connectivity index (χ1v) is 5.97. The summed E-state index contributed by atoms with van der Waals surface area (Å²) in [6.45, 7) is 1.21. The molecule has 0 aliphatic heterocycles. The first kappa shape index (κ1) is 16.5. The van der Waals surface area contributed by atoms with Gasteiger partial charge in [0.05, 0.1) is 19.1 Å². The molecule has 0 aliphatic rings. The van der Waals surface area contributed by atoms with Crippen molar-refractivity contribution >= 4 is 14.2 Å².